The lowest BCUT2D eigenvalue weighted by molar-refractivity contribution is 0.192. The van der Waals surface area contributed by atoms with Crippen molar-refractivity contribution in [1.29, 1.82) is 0 Å². The molecule has 18 heavy (non-hydrogen) atoms. The molecule has 0 heterocycles. The van der Waals surface area contributed by atoms with Gasteiger partial charge in [0.15, 0.2) is 0 Å². The largest absolute Gasteiger partial charge is 0.497 e. The number of likely N-dealkylation sites (N-methyl/N-ethyl adjacent to an activating group) is 1. The highest BCUT2D eigenvalue weighted by Gasteiger charge is 2.29. The second-order valence-electron chi connectivity index (χ2n) is 5.18. The molecule has 0 bridgehead atoms. The molecule has 0 amide bonds. The summed E-state index contributed by atoms with van der Waals surface area (Å²) < 4.78 is 5.30. The predicted molar refractivity (Wildman–Crippen MR) is 75.0 cm³/mol. The number of aryl methyl sites for hydroxylation is 1. The van der Waals surface area contributed by atoms with E-state index in [2.05, 4.69) is 31.0 Å². The number of methoxy groups -OCH3 is 1. The van der Waals surface area contributed by atoms with Crippen molar-refractivity contribution in [2.24, 2.45) is 5.73 Å². The van der Waals surface area contributed by atoms with Gasteiger partial charge in [0, 0.05) is 12.1 Å². The number of hydrogen-bond acceptors (Lipinski definition) is 3. The summed E-state index contributed by atoms with van der Waals surface area (Å²) >= 11 is 0. The van der Waals surface area contributed by atoms with Gasteiger partial charge >= 0.3 is 0 Å². The van der Waals surface area contributed by atoms with Gasteiger partial charge in [-0.3, -0.25) is 0 Å². The zero-order chi connectivity index (χ0) is 13.1. The SMILES string of the molecule is CCCN(C)C1CCc2ccc(OC)cc2C1N. The number of fused-ring (bicyclic) bond motifs is 1. The normalized spacial score (nSPS) is 22.9. The van der Waals surface area contributed by atoms with Gasteiger partial charge in [-0.05, 0) is 56.1 Å². The van der Waals surface area contributed by atoms with E-state index < -0.39 is 0 Å². The van der Waals surface area contributed by atoms with Gasteiger partial charge in [0.2, 0.25) is 0 Å². The zero-order valence-corrected chi connectivity index (χ0v) is 11.6. The first-order valence-corrected chi connectivity index (χ1v) is 6.80. The Kier molecular flexibility index (Phi) is 4.25. The van der Waals surface area contributed by atoms with E-state index in [-0.39, 0.29) is 6.04 Å². The first-order valence-electron chi connectivity index (χ1n) is 6.80. The van der Waals surface area contributed by atoms with Crippen LogP contribution >= 0.6 is 0 Å². The van der Waals surface area contributed by atoms with E-state index in [1.54, 1.807) is 7.11 Å². The first-order chi connectivity index (χ1) is 8.67. The van der Waals surface area contributed by atoms with Crippen LogP contribution in [0.3, 0.4) is 0 Å². The van der Waals surface area contributed by atoms with Crippen LogP contribution in [0.4, 0.5) is 0 Å². The Labute approximate surface area is 110 Å². The second-order valence-corrected chi connectivity index (χ2v) is 5.18. The highest BCUT2D eigenvalue weighted by atomic mass is 16.5. The number of nitrogens with two attached hydrogens (primary N) is 1. The molecule has 3 heteroatoms. The first kappa shape index (κ1) is 13.4. The topological polar surface area (TPSA) is 38.5 Å². The van der Waals surface area contributed by atoms with E-state index in [1.807, 2.05) is 6.07 Å². The van der Waals surface area contributed by atoms with E-state index in [0.29, 0.717) is 6.04 Å². The third kappa shape index (κ3) is 2.52. The maximum atomic E-state index is 6.45. The molecule has 2 N–H and O–H groups in total. The lowest BCUT2D eigenvalue weighted by Crippen LogP contribution is -2.43. The molecule has 0 saturated heterocycles. The zero-order valence-electron chi connectivity index (χ0n) is 11.6. The standard InChI is InChI=1S/C15H24N2O/c1-4-9-17(2)14-8-6-11-5-7-12(18-3)10-13(11)15(14)16/h5,7,10,14-15H,4,6,8-9,16H2,1-3H3. The van der Waals surface area contributed by atoms with Crippen LogP contribution in [0.25, 0.3) is 0 Å². The van der Waals surface area contributed by atoms with E-state index in [4.69, 9.17) is 10.5 Å². The molecule has 0 radical (unpaired) electrons. The smallest absolute Gasteiger partial charge is 0.119 e. The van der Waals surface area contributed by atoms with Crippen molar-refractivity contribution in [3.8, 4) is 5.75 Å². The van der Waals surface area contributed by atoms with Gasteiger partial charge in [-0.15, -0.1) is 0 Å². The van der Waals surface area contributed by atoms with Crippen molar-refractivity contribution >= 4 is 0 Å². The molecular weight excluding hydrogens is 224 g/mol. The lowest BCUT2D eigenvalue weighted by atomic mass is 9.83. The summed E-state index contributed by atoms with van der Waals surface area (Å²) in [7, 11) is 3.88. The number of ether oxygens (including phenoxy) is 1. The molecule has 1 aliphatic rings. The molecule has 1 aliphatic carbocycles. The van der Waals surface area contributed by atoms with Gasteiger partial charge in [-0.1, -0.05) is 13.0 Å². The van der Waals surface area contributed by atoms with Gasteiger partial charge in [0.25, 0.3) is 0 Å². The number of rotatable bonds is 4. The minimum Gasteiger partial charge on any atom is -0.497 e. The van der Waals surface area contributed by atoms with Crippen molar-refractivity contribution in [1.82, 2.24) is 4.90 Å². The maximum Gasteiger partial charge on any atom is 0.119 e. The molecular formula is C15H24N2O. The van der Waals surface area contributed by atoms with Crippen molar-refractivity contribution in [2.45, 2.75) is 38.3 Å². The fourth-order valence-electron chi connectivity index (χ4n) is 2.94. The Morgan fingerprint density at radius 2 is 2.22 bits per heavy atom. The highest BCUT2D eigenvalue weighted by Crippen LogP contribution is 2.33. The van der Waals surface area contributed by atoms with Gasteiger partial charge < -0.3 is 15.4 Å². The van der Waals surface area contributed by atoms with Crippen LogP contribution in [0.5, 0.6) is 5.75 Å². The van der Waals surface area contributed by atoms with Crippen LogP contribution in [0.1, 0.15) is 36.9 Å². The Morgan fingerprint density at radius 1 is 1.44 bits per heavy atom. The number of benzene rings is 1. The van der Waals surface area contributed by atoms with Crippen LogP contribution < -0.4 is 10.5 Å². The third-order valence-electron chi connectivity index (χ3n) is 3.98. The van der Waals surface area contributed by atoms with Crippen LogP contribution in [-0.2, 0) is 6.42 Å². The molecule has 0 aliphatic heterocycles. The van der Waals surface area contributed by atoms with E-state index >= 15 is 0 Å². The Balaban J connectivity index is 2.23. The molecule has 0 saturated carbocycles. The minimum atomic E-state index is 0.0976. The summed E-state index contributed by atoms with van der Waals surface area (Å²) in [5, 5.41) is 0. The monoisotopic (exact) mass is 248 g/mol. The molecule has 0 spiro atoms. The maximum absolute atomic E-state index is 6.45. The van der Waals surface area contributed by atoms with Crippen molar-refractivity contribution in [2.75, 3.05) is 20.7 Å². The summed E-state index contributed by atoms with van der Waals surface area (Å²) in [6.45, 7) is 3.32. The Hall–Kier alpha value is -1.06. The average molecular weight is 248 g/mol. The molecule has 100 valence electrons. The second kappa shape index (κ2) is 5.72. The van der Waals surface area contributed by atoms with Crippen molar-refractivity contribution in [3.05, 3.63) is 29.3 Å². The summed E-state index contributed by atoms with van der Waals surface area (Å²) in [4.78, 5) is 2.40. The lowest BCUT2D eigenvalue weighted by Gasteiger charge is -2.37. The van der Waals surface area contributed by atoms with Crippen LogP contribution in [-0.4, -0.2) is 31.6 Å². The Bertz CT molecular complexity index is 405. The highest BCUT2D eigenvalue weighted by molar-refractivity contribution is 5.40. The van der Waals surface area contributed by atoms with E-state index in [0.717, 1.165) is 25.1 Å². The van der Waals surface area contributed by atoms with Crippen molar-refractivity contribution in [3.63, 3.8) is 0 Å². The average Bonchev–Trinajstić information content (AvgIpc) is 2.39. The quantitative estimate of drug-likeness (QED) is 0.889. The molecule has 3 nitrogen and oxygen atoms in total. The molecule has 2 rings (SSSR count). The van der Waals surface area contributed by atoms with Crippen LogP contribution in [0.15, 0.2) is 18.2 Å². The summed E-state index contributed by atoms with van der Waals surface area (Å²) in [5.74, 6) is 0.906. The molecule has 1 aromatic carbocycles. The van der Waals surface area contributed by atoms with Gasteiger partial charge in [-0.2, -0.15) is 0 Å². The summed E-state index contributed by atoms with van der Waals surface area (Å²) in [5.41, 5.74) is 9.09. The Morgan fingerprint density at radius 3 is 2.89 bits per heavy atom. The van der Waals surface area contributed by atoms with E-state index in [1.165, 1.54) is 17.5 Å². The van der Waals surface area contributed by atoms with Gasteiger partial charge in [0.1, 0.15) is 5.75 Å². The third-order valence-corrected chi connectivity index (χ3v) is 3.98. The summed E-state index contributed by atoms with van der Waals surface area (Å²) in [6, 6.07) is 6.84. The molecule has 0 aromatic heterocycles. The van der Waals surface area contributed by atoms with Crippen molar-refractivity contribution < 1.29 is 4.74 Å². The number of hydrogen-bond donors (Lipinski definition) is 1. The molecule has 0 fully saturated rings. The predicted octanol–water partition coefficient (Wildman–Crippen LogP) is 2.35. The fourth-order valence-corrected chi connectivity index (χ4v) is 2.94. The van der Waals surface area contributed by atoms with Crippen LogP contribution in [0, 0.1) is 0 Å². The van der Waals surface area contributed by atoms with Gasteiger partial charge in [-0.25, -0.2) is 0 Å². The van der Waals surface area contributed by atoms with Crippen LogP contribution in [0.2, 0.25) is 0 Å². The molecule has 1 aromatic rings. The fraction of sp³-hybridized carbons (Fsp3) is 0.600. The van der Waals surface area contributed by atoms with E-state index in [9.17, 15) is 0 Å². The number of nitrogens with zero attached hydrogens (tertiary/aromatic N) is 1. The van der Waals surface area contributed by atoms with Gasteiger partial charge in [0.05, 0.1) is 7.11 Å². The molecule has 2 atom stereocenters. The minimum absolute atomic E-state index is 0.0976. The molecule has 2 unspecified atom stereocenters. The summed E-state index contributed by atoms with van der Waals surface area (Å²) in [6.07, 6.45) is 3.44.